The molecule has 0 N–H and O–H groups in total. The Morgan fingerprint density at radius 1 is 1.42 bits per heavy atom. The van der Waals surface area contributed by atoms with Crippen molar-refractivity contribution in [3.05, 3.63) is 29.3 Å². The maximum atomic E-state index is 11.0. The molecule has 1 aromatic rings. The molecule has 1 aromatic carbocycles. The summed E-state index contributed by atoms with van der Waals surface area (Å²) in [6, 6.07) is 5.57. The Morgan fingerprint density at radius 3 is 2.74 bits per heavy atom. The number of ether oxygens (including phenoxy) is 2. The lowest BCUT2D eigenvalue weighted by Crippen LogP contribution is -2.01. The molecule has 0 saturated heterocycles. The number of hydrogen-bond donors (Lipinski definition) is 0. The zero-order chi connectivity index (χ0) is 13.8. The van der Waals surface area contributed by atoms with Crippen LogP contribution in [-0.2, 0) is 4.79 Å². The molecule has 0 atom stereocenters. The fraction of sp³-hybridized carbons (Fsp3) is 0.400. The zero-order valence-electron chi connectivity index (χ0n) is 11.1. The summed E-state index contributed by atoms with van der Waals surface area (Å²) in [4.78, 5) is 11.0. The standard InChI is InChI=1S/C15H17ClO3/c1-10(15(16)17)7-12-5-6-13(18-2)14(8-12)19-9-11-3-4-11/h5-8,11H,3-4,9H2,1-2H3. The fourth-order valence-electron chi connectivity index (χ4n) is 1.69. The van der Waals surface area contributed by atoms with Crippen LogP contribution in [0.5, 0.6) is 11.5 Å². The second-order valence-electron chi connectivity index (χ2n) is 4.77. The first kappa shape index (κ1) is 13.9. The second kappa shape index (κ2) is 6.11. The summed E-state index contributed by atoms with van der Waals surface area (Å²) >= 11 is 5.42. The van der Waals surface area contributed by atoms with Crippen LogP contribution in [0.4, 0.5) is 0 Å². The summed E-state index contributed by atoms with van der Waals surface area (Å²) in [7, 11) is 1.61. The van der Waals surface area contributed by atoms with Crippen molar-refractivity contribution in [2.45, 2.75) is 19.8 Å². The average molecular weight is 281 g/mol. The second-order valence-corrected chi connectivity index (χ2v) is 5.11. The SMILES string of the molecule is COc1ccc(C=C(C)C(=O)Cl)cc1OCC1CC1. The van der Waals surface area contributed by atoms with Gasteiger partial charge in [0.1, 0.15) is 0 Å². The Balaban J connectivity index is 2.18. The predicted molar refractivity (Wildman–Crippen MR) is 75.7 cm³/mol. The molecule has 1 aliphatic carbocycles. The lowest BCUT2D eigenvalue weighted by molar-refractivity contribution is -0.108. The van der Waals surface area contributed by atoms with E-state index in [-0.39, 0.29) is 0 Å². The molecule has 0 aromatic heterocycles. The maximum Gasteiger partial charge on any atom is 0.248 e. The largest absolute Gasteiger partial charge is 0.493 e. The van der Waals surface area contributed by atoms with Gasteiger partial charge in [0, 0.05) is 5.57 Å². The molecule has 0 amide bonds. The lowest BCUT2D eigenvalue weighted by atomic mass is 10.1. The van der Waals surface area contributed by atoms with Crippen molar-refractivity contribution in [1.82, 2.24) is 0 Å². The van der Waals surface area contributed by atoms with Crippen molar-refractivity contribution in [2.24, 2.45) is 5.92 Å². The Bertz CT molecular complexity index is 504. The molecule has 0 aliphatic heterocycles. The van der Waals surface area contributed by atoms with Crippen molar-refractivity contribution in [1.29, 1.82) is 0 Å². The molecule has 2 rings (SSSR count). The number of allylic oxidation sites excluding steroid dienone is 1. The van der Waals surface area contributed by atoms with E-state index in [1.807, 2.05) is 18.2 Å². The van der Waals surface area contributed by atoms with Crippen LogP contribution in [-0.4, -0.2) is 19.0 Å². The van der Waals surface area contributed by atoms with E-state index in [0.717, 1.165) is 12.2 Å². The summed E-state index contributed by atoms with van der Waals surface area (Å²) < 4.78 is 11.0. The van der Waals surface area contributed by atoms with E-state index in [0.29, 0.717) is 23.0 Å². The van der Waals surface area contributed by atoms with E-state index < -0.39 is 5.24 Å². The minimum atomic E-state index is -0.448. The molecule has 19 heavy (non-hydrogen) atoms. The van der Waals surface area contributed by atoms with Gasteiger partial charge in [0.25, 0.3) is 0 Å². The van der Waals surface area contributed by atoms with Crippen LogP contribution in [0.1, 0.15) is 25.3 Å². The van der Waals surface area contributed by atoms with Crippen molar-refractivity contribution in [3.63, 3.8) is 0 Å². The normalized spacial score (nSPS) is 15.2. The van der Waals surface area contributed by atoms with Crippen LogP contribution < -0.4 is 9.47 Å². The van der Waals surface area contributed by atoms with Gasteiger partial charge in [0.15, 0.2) is 11.5 Å². The molecule has 4 heteroatoms. The number of carbonyl (C=O) groups excluding carboxylic acids is 1. The van der Waals surface area contributed by atoms with E-state index in [2.05, 4.69) is 0 Å². The zero-order valence-corrected chi connectivity index (χ0v) is 11.9. The highest BCUT2D eigenvalue weighted by Crippen LogP contribution is 2.33. The molecule has 102 valence electrons. The Kier molecular flexibility index (Phi) is 4.48. The van der Waals surface area contributed by atoms with Gasteiger partial charge in [-0.25, -0.2) is 0 Å². The quantitative estimate of drug-likeness (QED) is 0.589. The molecule has 0 spiro atoms. The summed E-state index contributed by atoms with van der Waals surface area (Å²) in [6.45, 7) is 2.40. The van der Waals surface area contributed by atoms with E-state index in [1.165, 1.54) is 12.8 Å². The number of methoxy groups -OCH3 is 1. The van der Waals surface area contributed by atoms with Crippen molar-refractivity contribution >= 4 is 22.9 Å². The van der Waals surface area contributed by atoms with Crippen LogP contribution in [0, 0.1) is 5.92 Å². The monoisotopic (exact) mass is 280 g/mol. The highest BCUT2D eigenvalue weighted by molar-refractivity contribution is 6.68. The highest BCUT2D eigenvalue weighted by Gasteiger charge is 2.22. The smallest absolute Gasteiger partial charge is 0.248 e. The Hall–Kier alpha value is -1.48. The summed E-state index contributed by atoms with van der Waals surface area (Å²) in [5, 5.41) is -0.448. The Morgan fingerprint density at radius 2 is 2.16 bits per heavy atom. The number of halogens is 1. The van der Waals surface area contributed by atoms with Gasteiger partial charge < -0.3 is 9.47 Å². The molecule has 3 nitrogen and oxygen atoms in total. The molecule has 0 bridgehead atoms. The summed E-state index contributed by atoms with van der Waals surface area (Å²) in [5.74, 6) is 2.08. The molecular formula is C15H17ClO3. The first-order valence-electron chi connectivity index (χ1n) is 6.29. The fourth-order valence-corrected chi connectivity index (χ4v) is 1.75. The maximum absolute atomic E-state index is 11.0. The van der Waals surface area contributed by atoms with Gasteiger partial charge in [-0.3, -0.25) is 4.79 Å². The van der Waals surface area contributed by atoms with Gasteiger partial charge in [-0.2, -0.15) is 0 Å². The van der Waals surface area contributed by atoms with Crippen molar-refractivity contribution in [2.75, 3.05) is 13.7 Å². The molecule has 0 radical (unpaired) electrons. The first-order valence-corrected chi connectivity index (χ1v) is 6.67. The molecule has 1 aliphatic rings. The number of rotatable bonds is 6. The predicted octanol–water partition coefficient (Wildman–Crippen LogP) is 3.65. The number of hydrogen-bond acceptors (Lipinski definition) is 3. The number of carbonyl (C=O) groups is 1. The van der Waals surface area contributed by atoms with Crippen LogP contribution in [0.15, 0.2) is 23.8 Å². The minimum Gasteiger partial charge on any atom is -0.493 e. The topological polar surface area (TPSA) is 35.5 Å². The van der Waals surface area contributed by atoms with Crippen LogP contribution in [0.2, 0.25) is 0 Å². The lowest BCUT2D eigenvalue weighted by Gasteiger charge is -2.11. The van der Waals surface area contributed by atoms with Crippen LogP contribution in [0.25, 0.3) is 6.08 Å². The van der Waals surface area contributed by atoms with E-state index >= 15 is 0 Å². The van der Waals surface area contributed by atoms with Crippen LogP contribution >= 0.6 is 11.6 Å². The van der Waals surface area contributed by atoms with Gasteiger partial charge in [-0.05, 0) is 61.1 Å². The first-order chi connectivity index (χ1) is 9.10. The van der Waals surface area contributed by atoms with Crippen molar-refractivity contribution < 1.29 is 14.3 Å². The van der Waals surface area contributed by atoms with Gasteiger partial charge in [0.2, 0.25) is 5.24 Å². The Labute approximate surface area is 118 Å². The van der Waals surface area contributed by atoms with E-state index in [4.69, 9.17) is 21.1 Å². The minimum absolute atomic E-state index is 0.448. The third-order valence-electron chi connectivity index (χ3n) is 3.05. The van der Waals surface area contributed by atoms with E-state index in [1.54, 1.807) is 20.1 Å². The molecule has 0 unspecified atom stereocenters. The summed E-state index contributed by atoms with van der Waals surface area (Å²) in [5.41, 5.74) is 1.37. The van der Waals surface area contributed by atoms with Gasteiger partial charge in [-0.15, -0.1) is 0 Å². The van der Waals surface area contributed by atoms with E-state index in [9.17, 15) is 4.79 Å². The third-order valence-corrected chi connectivity index (χ3v) is 3.35. The van der Waals surface area contributed by atoms with Gasteiger partial charge >= 0.3 is 0 Å². The number of benzene rings is 1. The average Bonchev–Trinajstić information content (AvgIpc) is 3.20. The molecule has 1 saturated carbocycles. The van der Waals surface area contributed by atoms with Crippen LogP contribution in [0.3, 0.4) is 0 Å². The van der Waals surface area contributed by atoms with Crippen molar-refractivity contribution in [3.8, 4) is 11.5 Å². The summed E-state index contributed by atoms with van der Waals surface area (Å²) in [6.07, 6.45) is 4.21. The molecular weight excluding hydrogens is 264 g/mol. The molecule has 1 fully saturated rings. The van der Waals surface area contributed by atoms with Gasteiger partial charge in [-0.1, -0.05) is 6.07 Å². The third kappa shape index (κ3) is 4.00. The highest BCUT2D eigenvalue weighted by atomic mass is 35.5. The molecule has 0 heterocycles. The van der Waals surface area contributed by atoms with Gasteiger partial charge in [0.05, 0.1) is 13.7 Å².